The molecule has 11 heavy (non-hydrogen) atoms. The summed E-state index contributed by atoms with van der Waals surface area (Å²) < 4.78 is 36.5. The minimum Gasteiger partial charge on any atom is -0.249 e. The van der Waals surface area contributed by atoms with E-state index in [0.717, 1.165) is 12.3 Å². The predicted octanol–water partition coefficient (Wildman–Crippen LogP) is 2.92. The molecule has 0 radical (unpaired) electrons. The van der Waals surface area contributed by atoms with Crippen molar-refractivity contribution in [3.63, 3.8) is 0 Å². The highest BCUT2D eigenvalue weighted by atomic mass is 79.9. The van der Waals surface area contributed by atoms with E-state index in [2.05, 4.69) is 20.9 Å². The highest BCUT2D eigenvalue weighted by molar-refractivity contribution is 9.10. The van der Waals surface area contributed by atoms with Crippen molar-refractivity contribution in [1.82, 2.24) is 4.98 Å². The SMILES string of the molecule is Fc1cc(Br)ncc1C(F)F. The zero-order valence-corrected chi connectivity index (χ0v) is 6.78. The van der Waals surface area contributed by atoms with Crippen LogP contribution in [-0.2, 0) is 0 Å². The highest BCUT2D eigenvalue weighted by Gasteiger charge is 2.13. The fraction of sp³-hybridized carbons (Fsp3) is 0.167. The Hall–Kier alpha value is -0.580. The lowest BCUT2D eigenvalue weighted by atomic mass is 10.3. The van der Waals surface area contributed by atoms with Gasteiger partial charge in [-0.2, -0.15) is 0 Å². The van der Waals surface area contributed by atoms with Gasteiger partial charge in [0, 0.05) is 12.3 Å². The first kappa shape index (κ1) is 8.52. The van der Waals surface area contributed by atoms with Crippen molar-refractivity contribution >= 4 is 15.9 Å². The summed E-state index contributed by atoms with van der Waals surface area (Å²) in [5.74, 6) is -0.943. The van der Waals surface area contributed by atoms with Gasteiger partial charge in [0.15, 0.2) is 0 Å². The number of alkyl halides is 2. The third kappa shape index (κ3) is 1.92. The van der Waals surface area contributed by atoms with Crippen LogP contribution in [0, 0.1) is 5.82 Å². The van der Waals surface area contributed by atoms with E-state index in [1.54, 1.807) is 0 Å². The minimum absolute atomic E-state index is 0.208. The normalized spacial score (nSPS) is 10.6. The summed E-state index contributed by atoms with van der Waals surface area (Å²) in [5.41, 5.74) is -0.673. The minimum atomic E-state index is -2.81. The van der Waals surface area contributed by atoms with Gasteiger partial charge in [-0.3, -0.25) is 0 Å². The molecule has 0 spiro atoms. The Balaban J connectivity index is 3.09. The molecule has 0 bridgehead atoms. The smallest absolute Gasteiger partial charge is 0.249 e. The summed E-state index contributed by atoms with van der Waals surface area (Å²) in [6.45, 7) is 0. The van der Waals surface area contributed by atoms with E-state index in [0.29, 0.717) is 0 Å². The fourth-order valence-electron chi connectivity index (χ4n) is 0.579. The van der Waals surface area contributed by atoms with Gasteiger partial charge in [0.05, 0.1) is 5.56 Å². The molecular formula is C6H3BrF3N. The molecule has 0 aliphatic carbocycles. The van der Waals surface area contributed by atoms with Crippen LogP contribution in [0.2, 0.25) is 0 Å². The number of rotatable bonds is 1. The Morgan fingerprint density at radius 1 is 1.45 bits per heavy atom. The first-order valence-corrected chi connectivity index (χ1v) is 3.49. The molecule has 0 N–H and O–H groups in total. The second-order valence-electron chi connectivity index (χ2n) is 1.83. The average Bonchev–Trinajstić information content (AvgIpc) is 1.85. The monoisotopic (exact) mass is 225 g/mol. The van der Waals surface area contributed by atoms with Crippen molar-refractivity contribution in [2.45, 2.75) is 6.43 Å². The Bertz CT molecular complexity index is 264. The van der Waals surface area contributed by atoms with E-state index in [1.165, 1.54) is 0 Å². The highest BCUT2D eigenvalue weighted by Crippen LogP contribution is 2.22. The largest absolute Gasteiger partial charge is 0.268 e. The maximum atomic E-state index is 12.6. The van der Waals surface area contributed by atoms with E-state index < -0.39 is 17.8 Å². The number of hydrogen-bond acceptors (Lipinski definition) is 1. The zero-order valence-electron chi connectivity index (χ0n) is 5.19. The zero-order chi connectivity index (χ0) is 8.43. The fourth-order valence-corrected chi connectivity index (χ4v) is 0.882. The van der Waals surface area contributed by atoms with E-state index in [1.807, 2.05) is 0 Å². The van der Waals surface area contributed by atoms with Crippen LogP contribution in [0.5, 0.6) is 0 Å². The van der Waals surface area contributed by atoms with Crippen LogP contribution >= 0.6 is 15.9 Å². The second-order valence-corrected chi connectivity index (χ2v) is 2.64. The molecule has 1 nitrogen and oxygen atoms in total. The van der Waals surface area contributed by atoms with E-state index >= 15 is 0 Å². The topological polar surface area (TPSA) is 12.9 Å². The Kier molecular flexibility index (Phi) is 2.49. The van der Waals surface area contributed by atoms with Gasteiger partial charge in [0.1, 0.15) is 10.4 Å². The van der Waals surface area contributed by atoms with Crippen molar-refractivity contribution in [2.24, 2.45) is 0 Å². The van der Waals surface area contributed by atoms with Gasteiger partial charge in [-0.05, 0) is 15.9 Å². The summed E-state index contributed by atoms with van der Waals surface area (Å²) >= 11 is 2.85. The summed E-state index contributed by atoms with van der Waals surface area (Å²) in [5, 5.41) is 0. The summed E-state index contributed by atoms with van der Waals surface area (Å²) in [4.78, 5) is 3.46. The molecule has 1 aromatic rings. The maximum absolute atomic E-state index is 12.6. The molecule has 60 valence electrons. The Morgan fingerprint density at radius 2 is 2.09 bits per heavy atom. The van der Waals surface area contributed by atoms with Crippen molar-refractivity contribution in [3.8, 4) is 0 Å². The summed E-state index contributed by atoms with van der Waals surface area (Å²) in [7, 11) is 0. The van der Waals surface area contributed by atoms with E-state index in [-0.39, 0.29) is 4.60 Å². The van der Waals surface area contributed by atoms with Crippen LogP contribution in [0.1, 0.15) is 12.0 Å². The summed E-state index contributed by atoms with van der Waals surface area (Å²) in [6, 6.07) is 0.904. The molecule has 0 atom stereocenters. The first-order valence-electron chi connectivity index (χ1n) is 2.70. The van der Waals surface area contributed by atoms with Crippen molar-refractivity contribution in [3.05, 3.63) is 28.2 Å². The van der Waals surface area contributed by atoms with Gasteiger partial charge >= 0.3 is 0 Å². The molecule has 0 aliphatic rings. The van der Waals surface area contributed by atoms with Crippen LogP contribution in [0.25, 0.3) is 0 Å². The van der Waals surface area contributed by atoms with Crippen LogP contribution < -0.4 is 0 Å². The molecule has 1 heterocycles. The molecular weight excluding hydrogens is 223 g/mol. The average molecular weight is 226 g/mol. The number of nitrogens with zero attached hydrogens (tertiary/aromatic N) is 1. The third-order valence-electron chi connectivity index (χ3n) is 1.08. The molecule has 0 unspecified atom stereocenters. The molecule has 1 rings (SSSR count). The molecule has 0 saturated carbocycles. The van der Waals surface area contributed by atoms with Crippen LogP contribution in [-0.4, -0.2) is 4.98 Å². The van der Waals surface area contributed by atoms with Crippen molar-refractivity contribution in [2.75, 3.05) is 0 Å². The van der Waals surface area contributed by atoms with Gasteiger partial charge in [0.2, 0.25) is 0 Å². The molecule has 0 aromatic carbocycles. The standard InChI is InChI=1S/C6H3BrF3N/c7-5-1-4(8)3(2-11-5)6(9)10/h1-2,6H. The number of halogens is 4. The van der Waals surface area contributed by atoms with Crippen LogP contribution in [0.15, 0.2) is 16.9 Å². The molecule has 0 saturated heterocycles. The lowest BCUT2D eigenvalue weighted by molar-refractivity contribution is 0.146. The first-order chi connectivity index (χ1) is 5.11. The van der Waals surface area contributed by atoms with Gasteiger partial charge < -0.3 is 0 Å². The molecule has 0 amide bonds. The van der Waals surface area contributed by atoms with E-state index in [9.17, 15) is 13.2 Å². The second kappa shape index (κ2) is 3.21. The Labute approximate surface area is 69.4 Å². The lowest BCUT2D eigenvalue weighted by Gasteiger charge is -1.99. The Morgan fingerprint density at radius 3 is 2.55 bits per heavy atom. The van der Waals surface area contributed by atoms with Crippen LogP contribution in [0.4, 0.5) is 13.2 Å². The lowest BCUT2D eigenvalue weighted by Crippen LogP contribution is -1.91. The summed E-state index contributed by atoms with van der Waals surface area (Å²) in [6.07, 6.45) is -2.00. The molecule has 0 fully saturated rings. The number of aromatic nitrogens is 1. The molecule has 0 aliphatic heterocycles. The van der Waals surface area contributed by atoms with Crippen LogP contribution in [0.3, 0.4) is 0 Å². The quantitative estimate of drug-likeness (QED) is 0.671. The molecule has 1 aromatic heterocycles. The number of hydrogen-bond donors (Lipinski definition) is 0. The maximum Gasteiger partial charge on any atom is 0.268 e. The van der Waals surface area contributed by atoms with E-state index in [4.69, 9.17) is 0 Å². The van der Waals surface area contributed by atoms with Gasteiger partial charge in [-0.1, -0.05) is 0 Å². The van der Waals surface area contributed by atoms with Gasteiger partial charge in [-0.15, -0.1) is 0 Å². The third-order valence-corrected chi connectivity index (χ3v) is 1.52. The van der Waals surface area contributed by atoms with Gasteiger partial charge in [-0.25, -0.2) is 18.2 Å². The predicted molar refractivity (Wildman–Crippen MR) is 36.9 cm³/mol. The van der Waals surface area contributed by atoms with Gasteiger partial charge in [0.25, 0.3) is 6.43 Å². The number of pyridine rings is 1. The van der Waals surface area contributed by atoms with Crippen molar-refractivity contribution in [1.29, 1.82) is 0 Å². The van der Waals surface area contributed by atoms with Crippen molar-refractivity contribution < 1.29 is 13.2 Å². The molecule has 5 heteroatoms.